The van der Waals surface area contributed by atoms with Crippen LogP contribution in [0.4, 0.5) is 0 Å². The molecule has 0 radical (unpaired) electrons. The van der Waals surface area contributed by atoms with Crippen LogP contribution in [0.15, 0.2) is 188 Å². The average Bonchev–Trinajstić information content (AvgIpc) is 3.80. The van der Waals surface area contributed by atoms with Gasteiger partial charge in [0.1, 0.15) is 0 Å². The van der Waals surface area contributed by atoms with E-state index in [1.54, 1.807) is 11.3 Å². The molecule has 0 aliphatic rings. The quantitative estimate of drug-likeness (QED) is 0.178. The van der Waals surface area contributed by atoms with E-state index >= 15 is 0 Å². The smallest absolute Gasteiger partial charge is 0.160 e. The Balaban J connectivity index is 1.09. The first-order chi connectivity index (χ1) is 26.8. The maximum absolute atomic E-state index is 5.34. The molecule has 0 N–H and O–H groups in total. The van der Waals surface area contributed by atoms with E-state index in [9.17, 15) is 0 Å². The number of fused-ring (bicyclic) bond motifs is 7. The van der Waals surface area contributed by atoms with Gasteiger partial charge in [0.05, 0.1) is 26.9 Å². The van der Waals surface area contributed by atoms with Crippen LogP contribution in [0.1, 0.15) is 0 Å². The molecule has 0 aliphatic heterocycles. The molecule has 3 aromatic heterocycles. The number of hydrogen-bond acceptors (Lipinski definition) is 3. The van der Waals surface area contributed by atoms with E-state index in [1.165, 1.54) is 64.9 Å². The third kappa shape index (κ3) is 4.96. The summed E-state index contributed by atoms with van der Waals surface area (Å²) in [5.74, 6) is 0.730. The molecule has 0 aliphatic carbocycles. The molecule has 3 nitrogen and oxygen atoms in total. The SMILES string of the molecule is c1ccc(-c2cccc(-c3nc(-c4ccccc4)nc4c3sc3cccc(-c5ccc6cc(-n7c8ccccc8c8ccccc87)ccc6c5)c34)c2)cc1. The van der Waals surface area contributed by atoms with Crippen LogP contribution >= 0.6 is 11.3 Å². The lowest BCUT2D eigenvalue weighted by Gasteiger charge is -2.11. The molecule has 11 aromatic rings. The van der Waals surface area contributed by atoms with E-state index in [1.807, 2.05) is 6.07 Å². The predicted molar refractivity (Wildman–Crippen MR) is 229 cm³/mol. The zero-order valence-electron chi connectivity index (χ0n) is 29.1. The van der Waals surface area contributed by atoms with Gasteiger partial charge >= 0.3 is 0 Å². The van der Waals surface area contributed by atoms with Gasteiger partial charge in [0.25, 0.3) is 0 Å². The summed E-state index contributed by atoms with van der Waals surface area (Å²) < 4.78 is 4.68. The zero-order chi connectivity index (χ0) is 35.6. The van der Waals surface area contributed by atoms with Gasteiger partial charge in [0.2, 0.25) is 0 Å². The van der Waals surface area contributed by atoms with Gasteiger partial charge < -0.3 is 4.57 Å². The molecule has 0 fully saturated rings. The second-order valence-corrected chi connectivity index (χ2v) is 14.8. The summed E-state index contributed by atoms with van der Waals surface area (Å²) in [6.07, 6.45) is 0. The molecule has 0 atom stereocenters. The number of rotatable bonds is 5. The molecule has 0 saturated heterocycles. The Morgan fingerprint density at radius 1 is 0.426 bits per heavy atom. The third-order valence-electron chi connectivity index (χ3n) is 10.6. The fourth-order valence-electron chi connectivity index (χ4n) is 8.06. The van der Waals surface area contributed by atoms with Crippen LogP contribution in [0.3, 0.4) is 0 Å². The van der Waals surface area contributed by atoms with Crippen molar-refractivity contribution >= 4 is 64.2 Å². The Hall–Kier alpha value is -6.88. The maximum Gasteiger partial charge on any atom is 0.160 e. The minimum Gasteiger partial charge on any atom is -0.309 e. The van der Waals surface area contributed by atoms with Gasteiger partial charge in [-0.1, -0.05) is 146 Å². The summed E-state index contributed by atoms with van der Waals surface area (Å²) in [6, 6.07) is 67.3. The van der Waals surface area contributed by atoms with E-state index < -0.39 is 0 Å². The summed E-state index contributed by atoms with van der Waals surface area (Å²) in [7, 11) is 0. The van der Waals surface area contributed by atoms with Gasteiger partial charge in [-0.25, -0.2) is 9.97 Å². The molecule has 252 valence electrons. The van der Waals surface area contributed by atoms with E-state index in [-0.39, 0.29) is 0 Å². The topological polar surface area (TPSA) is 30.7 Å². The molecule has 0 unspecified atom stereocenters. The molecule has 4 heteroatoms. The van der Waals surface area contributed by atoms with E-state index in [0.717, 1.165) is 38.5 Å². The Labute approximate surface area is 316 Å². The standard InChI is InChI=1S/C50H31N3S/c1-3-13-32(14-4-1)34-17-11-18-38(30-34)47-49-48(52-50(51-47)33-15-5-2-6-16-33)46-40(21-12-24-45(46)54-49)37-26-25-36-31-39(28-27-35(36)29-37)53-43-22-9-7-19-41(43)42-20-8-10-23-44(42)53/h1-31H. The van der Waals surface area contributed by atoms with Gasteiger partial charge in [-0.3, -0.25) is 0 Å². The minimum absolute atomic E-state index is 0.730. The highest BCUT2D eigenvalue weighted by molar-refractivity contribution is 7.26. The van der Waals surface area contributed by atoms with Crippen molar-refractivity contribution in [3.05, 3.63) is 188 Å². The Kier molecular flexibility index (Phi) is 7.04. The van der Waals surface area contributed by atoms with Crippen molar-refractivity contribution < 1.29 is 0 Å². The number of nitrogens with zero attached hydrogens (tertiary/aromatic N) is 3. The second-order valence-electron chi connectivity index (χ2n) is 13.8. The number of aromatic nitrogens is 3. The molecule has 0 amide bonds. The number of hydrogen-bond donors (Lipinski definition) is 0. The monoisotopic (exact) mass is 705 g/mol. The molecule has 0 saturated carbocycles. The van der Waals surface area contributed by atoms with Crippen molar-refractivity contribution in [2.75, 3.05) is 0 Å². The predicted octanol–water partition coefficient (Wildman–Crippen LogP) is 13.8. The molecule has 3 heterocycles. The van der Waals surface area contributed by atoms with Crippen LogP contribution in [-0.4, -0.2) is 14.5 Å². The molecule has 54 heavy (non-hydrogen) atoms. The van der Waals surface area contributed by atoms with Crippen molar-refractivity contribution in [2.45, 2.75) is 0 Å². The normalized spacial score (nSPS) is 11.7. The van der Waals surface area contributed by atoms with Crippen LogP contribution in [0, 0.1) is 0 Å². The summed E-state index contributed by atoms with van der Waals surface area (Å²) >= 11 is 1.78. The highest BCUT2D eigenvalue weighted by atomic mass is 32.1. The van der Waals surface area contributed by atoms with Crippen LogP contribution in [-0.2, 0) is 0 Å². The maximum atomic E-state index is 5.34. The third-order valence-corrected chi connectivity index (χ3v) is 11.7. The Bertz CT molecular complexity index is 3160. The van der Waals surface area contributed by atoms with Crippen molar-refractivity contribution in [1.82, 2.24) is 14.5 Å². The van der Waals surface area contributed by atoms with Gasteiger partial charge in [0, 0.05) is 37.7 Å². The first kappa shape index (κ1) is 30.7. The average molecular weight is 706 g/mol. The first-order valence-electron chi connectivity index (χ1n) is 18.2. The molecule has 11 rings (SSSR count). The number of benzene rings is 8. The molecule has 0 bridgehead atoms. The van der Waals surface area contributed by atoms with Crippen molar-refractivity contribution in [2.24, 2.45) is 0 Å². The summed E-state index contributed by atoms with van der Waals surface area (Å²) in [5.41, 5.74) is 12.3. The summed E-state index contributed by atoms with van der Waals surface area (Å²) in [5, 5.41) is 6.11. The molecule has 8 aromatic carbocycles. The van der Waals surface area contributed by atoms with E-state index in [4.69, 9.17) is 9.97 Å². The minimum atomic E-state index is 0.730. The van der Waals surface area contributed by atoms with Crippen molar-refractivity contribution in [1.29, 1.82) is 0 Å². The lowest BCUT2D eigenvalue weighted by atomic mass is 9.97. The molecular formula is C50H31N3S. The number of para-hydroxylation sites is 2. The van der Waals surface area contributed by atoms with Crippen LogP contribution in [0.2, 0.25) is 0 Å². The van der Waals surface area contributed by atoms with Gasteiger partial charge in [-0.05, 0) is 75.5 Å². The lowest BCUT2D eigenvalue weighted by molar-refractivity contribution is 1.19. The van der Waals surface area contributed by atoms with Gasteiger partial charge in [0.15, 0.2) is 5.82 Å². The van der Waals surface area contributed by atoms with Crippen LogP contribution in [0.5, 0.6) is 0 Å². The Morgan fingerprint density at radius 2 is 1.06 bits per heavy atom. The van der Waals surface area contributed by atoms with Crippen molar-refractivity contribution in [3.8, 4) is 50.6 Å². The zero-order valence-corrected chi connectivity index (χ0v) is 30.0. The highest BCUT2D eigenvalue weighted by Gasteiger charge is 2.20. The summed E-state index contributed by atoms with van der Waals surface area (Å²) in [6.45, 7) is 0. The largest absolute Gasteiger partial charge is 0.309 e. The number of thiophene rings is 1. The molecular weight excluding hydrogens is 675 g/mol. The first-order valence-corrected chi connectivity index (χ1v) is 19.1. The fourth-order valence-corrected chi connectivity index (χ4v) is 9.24. The molecule has 0 spiro atoms. The van der Waals surface area contributed by atoms with Crippen LogP contribution in [0.25, 0.3) is 103 Å². The second kappa shape index (κ2) is 12.4. The van der Waals surface area contributed by atoms with Crippen LogP contribution < -0.4 is 0 Å². The van der Waals surface area contributed by atoms with E-state index in [2.05, 4.69) is 187 Å². The van der Waals surface area contributed by atoms with Gasteiger partial charge in [-0.15, -0.1) is 11.3 Å². The fraction of sp³-hybridized carbons (Fsp3) is 0. The summed E-state index contributed by atoms with van der Waals surface area (Å²) in [4.78, 5) is 10.6. The van der Waals surface area contributed by atoms with Gasteiger partial charge in [-0.2, -0.15) is 0 Å². The Morgan fingerprint density at radius 3 is 1.83 bits per heavy atom. The lowest BCUT2D eigenvalue weighted by Crippen LogP contribution is -1.94. The highest BCUT2D eigenvalue weighted by Crippen LogP contribution is 2.44. The van der Waals surface area contributed by atoms with E-state index in [0.29, 0.717) is 0 Å². The van der Waals surface area contributed by atoms with Crippen molar-refractivity contribution in [3.63, 3.8) is 0 Å².